The van der Waals surface area contributed by atoms with Crippen molar-refractivity contribution in [2.45, 2.75) is 51.9 Å². The number of hydrogen-bond acceptors (Lipinski definition) is 2. The third kappa shape index (κ3) is 2.61. The highest BCUT2D eigenvalue weighted by molar-refractivity contribution is 6.74. The molecule has 0 bridgehead atoms. The van der Waals surface area contributed by atoms with Gasteiger partial charge in [-0.1, -0.05) is 20.8 Å². The zero-order valence-corrected chi connectivity index (χ0v) is 11.7. The number of amides is 1. The summed E-state index contributed by atoms with van der Waals surface area (Å²) in [5.74, 6) is 0.209. The predicted molar refractivity (Wildman–Crippen MR) is 64.2 cm³/mol. The summed E-state index contributed by atoms with van der Waals surface area (Å²) in [6.07, 6.45) is 0.0552. The lowest BCUT2D eigenvalue weighted by Crippen LogP contribution is -2.56. The smallest absolute Gasteiger partial charge is 0.227 e. The summed E-state index contributed by atoms with van der Waals surface area (Å²) >= 11 is 0. The van der Waals surface area contributed by atoms with Crippen LogP contribution >= 0.6 is 0 Å². The van der Waals surface area contributed by atoms with Crippen LogP contribution in [0.2, 0.25) is 18.1 Å². The summed E-state index contributed by atoms with van der Waals surface area (Å²) in [6, 6.07) is 0. The SMILES string of the molecule is C[C@@H](O[Si](C)(C)C(C)(C)C)[C@H]1CNC1=O. The molecule has 1 N–H and O–H groups in total. The summed E-state index contributed by atoms with van der Waals surface area (Å²) in [6.45, 7) is 13.9. The minimum absolute atomic E-state index is 0.0552. The van der Waals surface area contributed by atoms with Crippen LogP contribution in [0.1, 0.15) is 27.7 Å². The van der Waals surface area contributed by atoms with E-state index in [1.165, 1.54) is 0 Å². The fourth-order valence-corrected chi connectivity index (χ4v) is 2.85. The summed E-state index contributed by atoms with van der Waals surface area (Å²) in [4.78, 5) is 11.2. The second-order valence-electron chi connectivity index (χ2n) is 5.93. The zero-order chi connectivity index (χ0) is 11.9. The van der Waals surface area contributed by atoms with E-state index >= 15 is 0 Å². The van der Waals surface area contributed by atoms with Crippen LogP contribution in [0, 0.1) is 5.92 Å². The van der Waals surface area contributed by atoms with Crippen LogP contribution in [0.4, 0.5) is 0 Å². The molecule has 1 saturated heterocycles. The van der Waals surface area contributed by atoms with Crippen LogP contribution in [-0.4, -0.2) is 26.9 Å². The Kier molecular flexibility index (Phi) is 3.31. The number of carbonyl (C=O) groups is 1. The van der Waals surface area contributed by atoms with Gasteiger partial charge in [0.2, 0.25) is 5.91 Å². The lowest BCUT2D eigenvalue weighted by molar-refractivity contribution is -0.135. The predicted octanol–water partition coefficient (Wildman–Crippen LogP) is 2.14. The topological polar surface area (TPSA) is 38.3 Å². The monoisotopic (exact) mass is 229 g/mol. The maximum Gasteiger partial charge on any atom is 0.227 e. The molecule has 1 aliphatic heterocycles. The van der Waals surface area contributed by atoms with Gasteiger partial charge in [0.15, 0.2) is 8.32 Å². The highest BCUT2D eigenvalue weighted by atomic mass is 28.4. The van der Waals surface area contributed by atoms with Crippen LogP contribution in [-0.2, 0) is 9.22 Å². The van der Waals surface area contributed by atoms with Gasteiger partial charge in [-0.25, -0.2) is 0 Å². The first-order valence-corrected chi connectivity index (χ1v) is 8.51. The van der Waals surface area contributed by atoms with Gasteiger partial charge in [-0.15, -0.1) is 0 Å². The summed E-state index contributed by atoms with van der Waals surface area (Å²) in [5.41, 5.74) is 0. The first kappa shape index (κ1) is 12.7. The van der Waals surface area contributed by atoms with E-state index in [2.05, 4.69) is 39.2 Å². The van der Waals surface area contributed by atoms with E-state index in [9.17, 15) is 4.79 Å². The van der Waals surface area contributed by atoms with Crippen molar-refractivity contribution >= 4 is 14.2 Å². The normalized spacial score (nSPS) is 24.4. The van der Waals surface area contributed by atoms with Crippen molar-refractivity contribution in [3.05, 3.63) is 0 Å². The molecule has 2 atom stereocenters. The van der Waals surface area contributed by atoms with Gasteiger partial charge in [0.1, 0.15) is 0 Å². The van der Waals surface area contributed by atoms with Crippen molar-refractivity contribution in [1.82, 2.24) is 5.32 Å². The third-order valence-electron chi connectivity index (χ3n) is 3.69. The molecule has 0 saturated carbocycles. The van der Waals surface area contributed by atoms with E-state index in [1.807, 2.05) is 6.92 Å². The molecule has 3 nitrogen and oxygen atoms in total. The average Bonchev–Trinajstić information content (AvgIpc) is 1.98. The van der Waals surface area contributed by atoms with Gasteiger partial charge in [0, 0.05) is 6.54 Å². The Balaban J connectivity index is 2.57. The van der Waals surface area contributed by atoms with Gasteiger partial charge in [-0.05, 0) is 25.1 Å². The Labute approximate surface area is 93.7 Å². The Hall–Kier alpha value is -0.353. The summed E-state index contributed by atoms with van der Waals surface area (Å²) in [7, 11) is -1.72. The highest BCUT2D eigenvalue weighted by Gasteiger charge is 2.42. The van der Waals surface area contributed by atoms with Gasteiger partial charge in [-0.3, -0.25) is 4.79 Å². The highest BCUT2D eigenvalue weighted by Crippen LogP contribution is 2.38. The molecule has 1 aliphatic rings. The average molecular weight is 229 g/mol. The maximum absolute atomic E-state index is 11.2. The van der Waals surface area contributed by atoms with Crippen molar-refractivity contribution in [3.63, 3.8) is 0 Å². The molecular weight excluding hydrogens is 206 g/mol. The van der Waals surface area contributed by atoms with Crippen LogP contribution in [0.5, 0.6) is 0 Å². The largest absolute Gasteiger partial charge is 0.413 e. The first-order valence-electron chi connectivity index (χ1n) is 5.61. The fraction of sp³-hybridized carbons (Fsp3) is 0.909. The maximum atomic E-state index is 11.2. The molecule has 1 fully saturated rings. The summed E-state index contributed by atoms with van der Waals surface area (Å²) < 4.78 is 6.15. The van der Waals surface area contributed by atoms with Crippen LogP contribution in [0.3, 0.4) is 0 Å². The van der Waals surface area contributed by atoms with Crippen molar-refractivity contribution in [2.24, 2.45) is 5.92 Å². The Bertz CT molecular complexity index is 258. The lowest BCUT2D eigenvalue weighted by atomic mass is 9.97. The summed E-state index contributed by atoms with van der Waals surface area (Å²) in [5, 5.41) is 2.97. The fourth-order valence-electron chi connectivity index (χ4n) is 1.41. The molecule has 15 heavy (non-hydrogen) atoms. The second-order valence-corrected chi connectivity index (χ2v) is 10.7. The van der Waals surface area contributed by atoms with Gasteiger partial charge >= 0.3 is 0 Å². The number of nitrogens with one attached hydrogen (secondary N) is 1. The van der Waals surface area contributed by atoms with Gasteiger partial charge in [0.25, 0.3) is 0 Å². The van der Waals surface area contributed by atoms with E-state index in [4.69, 9.17) is 4.43 Å². The van der Waals surface area contributed by atoms with E-state index in [0.717, 1.165) is 6.54 Å². The number of β-lactam (4-membered cyclic amide) rings is 1. The Morgan fingerprint density at radius 1 is 1.47 bits per heavy atom. The zero-order valence-electron chi connectivity index (χ0n) is 10.7. The Morgan fingerprint density at radius 3 is 2.27 bits per heavy atom. The minimum Gasteiger partial charge on any atom is -0.413 e. The lowest BCUT2D eigenvalue weighted by Gasteiger charge is -2.41. The molecule has 0 aromatic carbocycles. The van der Waals surface area contributed by atoms with E-state index in [-0.39, 0.29) is 23.0 Å². The van der Waals surface area contributed by atoms with E-state index < -0.39 is 8.32 Å². The molecule has 0 aliphatic carbocycles. The number of carbonyl (C=O) groups excluding carboxylic acids is 1. The van der Waals surface area contributed by atoms with Gasteiger partial charge < -0.3 is 9.74 Å². The number of rotatable bonds is 3. The van der Waals surface area contributed by atoms with Crippen LogP contribution in [0.15, 0.2) is 0 Å². The number of hydrogen-bond donors (Lipinski definition) is 1. The molecule has 4 heteroatoms. The standard InChI is InChI=1S/C11H23NO2Si/c1-8(9-7-12-10(9)13)14-15(5,6)11(2,3)4/h8-9H,7H2,1-6H3,(H,12,13)/t8-,9-/m1/s1. The molecule has 0 aromatic rings. The molecule has 0 radical (unpaired) electrons. The molecule has 88 valence electrons. The van der Waals surface area contributed by atoms with Crippen LogP contribution < -0.4 is 5.32 Å². The van der Waals surface area contributed by atoms with Crippen molar-refractivity contribution in [3.8, 4) is 0 Å². The molecule has 1 amide bonds. The van der Waals surface area contributed by atoms with Crippen molar-refractivity contribution in [1.29, 1.82) is 0 Å². The Morgan fingerprint density at radius 2 is 2.00 bits per heavy atom. The van der Waals surface area contributed by atoms with E-state index in [0.29, 0.717) is 0 Å². The third-order valence-corrected chi connectivity index (χ3v) is 8.26. The van der Waals surface area contributed by atoms with Crippen LogP contribution in [0.25, 0.3) is 0 Å². The molecule has 0 aromatic heterocycles. The van der Waals surface area contributed by atoms with E-state index in [1.54, 1.807) is 0 Å². The molecular formula is C11H23NO2Si. The molecule has 0 unspecified atom stereocenters. The molecule has 1 rings (SSSR count). The first-order chi connectivity index (χ1) is 6.65. The molecule has 1 heterocycles. The van der Waals surface area contributed by atoms with Gasteiger partial charge in [-0.2, -0.15) is 0 Å². The van der Waals surface area contributed by atoms with Gasteiger partial charge in [0.05, 0.1) is 12.0 Å². The minimum atomic E-state index is -1.72. The molecule has 0 spiro atoms. The second kappa shape index (κ2) is 3.90. The quantitative estimate of drug-likeness (QED) is 0.595. The van der Waals surface area contributed by atoms with Crippen molar-refractivity contribution in [2.75, 3.05) is 6.54 Å². The van der Waals surface area contributed by atoms with Crippen molar-refractivity contribution < 1.29 is 9.22 Å².